The van der Waals surface area contributed by atoms with Gasteiger partial charge in [-0.1, -0.05) is 27.0 Å². The third kappa shape index (κ3) is 6.53. The highest BCUT2D eigenvalue weighted by Crippen LogP contribution is 2.54. The van der Waals surface area contributed by atoms with Crippen LogP contribution in [0.1, 0.15) is 97.3 Å². The minimum absolute atomic E-state index is 0.00127. The number of carbonyl (C=O) groups is 1. The SMILES string of the molecule is C=C1C[C@@H]2CC[C@@]34C[C@H]5O[C@@H]6C(O[C@H]7CCC(CC(=O)C[C@@H]8[C@@H](C)[C@@H](C[C@H](O)CN)O[C@H]8C[C@H]8O[C@@H](CC[C@@H]1O2)C[C@@H](C)C8=C)O[C@@H]7[C@@H]6O3)[C@H]5O4. The van der Waals surface area contributed by atoms with Gasteiger partial charge in [-0.3, -0.25) is 4.79 Å². The Labute approximate surface area is 302 Å². The van der Waals surface area contributed by atoms with Gasteiger partial charge in [0.15, 0.2) is 5.79 Å². The second-order valence-electron chi connectivity index (χ2n) is 17.6. The highest BCUT2D eigenvalue weighted by molar-refractivity contribution is 5.79. The second kappa shape index (κ2) is 13.8. The molecule has 0 radical (unpaired) electrons. The predicted molar refractivity (Wildman–Crippen MR) is 185 cm³/mol. The van der Waals surface area contributed by atoms with Crippen LogP contribution >= 0.6 is 0 Å². The predicted octanol–water partition coefficient (Wildman–Crippen LogP) is 4.06. The van der Waals surface area contributed by atoms with Crippen LogP contribution in [0.25, 0.3) is 0 Å². The van der Waals surface area contributed by atoms with Crippen molar-refractivity contribution in [1.82, 2.24) is 0 Å². The molecule has 11 heteroatoms. The van der Waals surface area contributed by atoms with Crippen LogP contribution in [0.15, 0.2) is 24.3 Å². The third-order valence-electron chi connectivity index (χ3n) is 14.2. The van der Waals surface area contributed by atoms with Gasteiger partial charge in [0.05, 0.1) is 61.0 Å². The fraction of sp³-hybridized carbons (Fsp3) is 0.875. The summed E-state index contributed by atoms with van der Waals surface area (Å²) in [6.45, 7) is 13.5. The number of carbonyl (C=O) groups excluding carboxylic acids is 1. The Kier molecular flexibility index (Phi) is 9.59. The van der Waals surface area contributed by atoms with Crippen molar-refractivity contribution in [2.75, 3.05) is 6.54 Å². The molecule has 0 aromatic carbocycles. The molecule has 2 unspecified atom stereocenters. The Balaban J connectivity index is 0.986. The number of ether oxygens (including phenoxy) is 8. The van der Waals surface area contributed by atoms with E-state index in [0.717, 1.165) is 56.1 Å². The first kappa shape index (κ1) is 35.5. The Morgan fingerprint density at radius 1 is 0.765 bits per heavy atom. The van der Waals surface area contributed by atoms with Crippen LogP contribution in [0.4, 0.5) is 0 Å². The molecule has 10 saturated heterocycles. The fourth-order valence-corrected chi connectivity index (χ4v) is 11.3. The molecule has 0 saturated carbocycles. The topological polar surface area (TPSA) is 137 Å². The van der Waals surface area contributed by atoms with Gasteiger partial charge in [-0.15, -0.1) is 0 Å². The van der Waals surface area contributed by atoms with E-state index in [1.165, 1.54) is 0 Å². The van der Waals surface area contributed by atoms with Crippen molar-refractivity contribution in [2.24, 2.45) is 23.5 Å². The maximum atomic E-state index is 14.0. The number of Topliss-reactive ketones (excluding diaryl/α,β-unsaturated/α-hetero) is 1. The standard InChI is InChI=1S/C40H59NO10/c1-19-11-25-5-7-29-20(2)12-27(44-29)9-10-40-17-34-36(50-40)37-38(49-34)39(51-40)35-30(48-37)8-6-26(46-35)13-23(42)14-28-22(4)31(15-24(43)18-41)47-33(28)16-32(45-25)21(19)3/h19,22,24-39,43H,2-3,5-18,41H2,1,4H3/t19-,22-,24+,25+,26?,27+,28-,29+,30+,31-,32-,33+,34-,35+,36+,37?,38-,39+,40+/m1/s1. The monoisotopic (exact) mass is 713 g/mol. The van der Waals surface area contributed by atoms with E-state index in [9.17, 15) is 9.90 Å². The van der Waals surface area contributed by atoms with Gasteiger partial charge in [0.25, 0.3) is 0 Å². The average Bonchev–Trinajstić information content (AvgIpc) is 3.77. The Morgan fingerprint density at radius 2 is 1.51 bits per heavy atom. The van der Waals surface area contributed by atoms with E-state index in [4.69, 9.17) is 43.6 Å². The molecule has 0 aromatic heterocycles. The Morgan fingerprint density at radius 3 is 2.35 bits per heavy atom. The number of nitrogens with two attached hydrogens (primary N) is 1. The summed E-state index contributed by atoms with van der Waals surface area (Å²) in [7, 11) is 0. The lowest BCUT2D eigenvalue weighted by Crippen LogP contribution is -2.61. The molecule has 1 spiro atoms. The molecule has 10 aliphatic heterocycles. The summed E-state index contributed by atoms with van der Waals surface area (Å²) in [4.78, 5) is 14.0. The van der Waals surface area contributed by atoms with Gasteiger partial charge in [-0.2, -0.15) is 0 Å². The molecule has 0 aliphatic carbocycles. The molecule has 10 rings (SSSR count). The number of ketones is 1. The lowest BCUT2D eigenvalue weighted by Gasteiger charge is -2.47. The molecule has 10 heterocycles. The highest BCUT2D eigenvalue weighted by Gasteiger charge is 2.68. The van der Waals surface area contributed by atoms with E-state index < -0.39 is 11.9 Å². The molecular weight excluding hydrogens is 654 g/mol. The fourth-order valence-electron chi connectivity index (χ4n) is 11.3. The first-order chi connectivity index (χ1) is 24.6. The van der Waals surface area contributed by atoms with Crippen molar-refractivity contribution in [3.63, 3.8) is 0 Å². The maximum absolute atomic E-state index is 14.0. The Bertz CT molecular complexity index is 1360. The van der Waals surface area contributed by atoms with E-state index in [-0.39, 0.29) is 110 Å². The van der Waals surface area contributed by atoms with Crippen molar-refractivity contribution < 1.29 is 47.8 Å². The zero-order valence-corrected chi connectivity index (χ0v) is 30.4. The number of aliphatic hydroxyl groups excluding tert-OH is 1. The molecule has 0 amide bonds. The third-order valence-corrected chi connectivity index (χ3v) is 14.2. The number of rotatable bonds is 3. The number of hydrogen-bond donors (Lipinski definition) is 2. The minimum Gasteiger partial charge on any atom is -0.392 e. The first-order valence-corrected chi connectivity index (χ1v) is 20.1. The van der Waals surface area contributed by atoms with Gasteiger partial charge in [0.2, 0.25) is 0 Å². The van der Waals surface area contributed by atoms with E-state index in [1.807, 2.05) is 0 Å². The molecule has 3 N–H and O–H groups in total. The second-order valence-corrected chi connectivity index (χ2v) is 17.6. The van der Waals surface area contributed by atoms with Crippen molar-refractivity contribution in [1.29, 1.82) is 0 Å². The van der Waals surface area contributed by atoms with Gasteiger partial charge in [0, 0.05) is 45.1 Å². The normalized spacial score (nSPS) is 53.2. The van der Waals surface area contributed by atoms with Crippen LogP contribution in [-0.4, -0.2) is 115 Å². The summed E-state index contributed by atoms with van der Waals surface area (Å²) >= 11 is 0. The summed E-state index contributed by atoms with van der Waals surface area (Å²) in [5, 5.41) is 10.5. The summed E-state index contributed by atoms with van der Waals surface area (Å²) in [5.74, 6) is -0.222. The molecule has 10 fully saturated rings. The summed E-state index contributed by atoms with van der Waals surface area (Å²) in [6, 6.07) is 0. The lowest BCUT2D eigenvalue weighted by atomic mass is 9.78. The van der Waals surface area contributed by atoms with Gasteiger partial charge < -0.3 is 48.7 Å². The van der Waals surface area contributed by atoms with Gasteiger partial charge in [-0.05, 0) is 73.8 Å². The van der Waals surface area contributed by atoms with Gasteiger partial charge in [-0.25, -0.2) is 0 Å². The van der Waals surface area contributed by atoms with E-state index in [1.54, 1.807) is 0 Å². The molecule has 10 aliphatic rings. The number of fused-ring (bicyclic) bond motifs is 6. The van der Waals surface area contributed by atoms with Crippen LogP contribution < -0.4 is 5.73 Å². The van der Waals surface area contributed by atoms with Crippen molar-refractivity contribution in [3.8, 4) is 0 Å². The lowest BCUT2D eigenvalue weighted by molar-refractivity contribution is -0.292. The first-order valence-electron chi connectivity index (χ1n) is 20.1. The zero-order valence-electron chi connectivity index (χ0n) is 30.4. The minimum atomic E-state index is -0.765. The summed E-state index contributed by atoms with van der Waals surface area (Å²) in [6.07, 6.45) is 6.43. The number of hydrogen-bond acceptors (Lipinski definition) is 11. The van der Waals surface area contributed by atoms with E-state index in [0.29, 0.717) is 44.4 Å². The quantitative estimate of drug-likeness (QED) is 0.410. The average molecular weight is 714 g/mol. The van der Waals surface area contributed by atoms with Crippen LogP contribution in [0.3, 0.4) is 0 Å². The molecule has 0 aromatic rings. The van der Waals surface area contributed by atoms with Crippen LogP contribution in [0.2, 0.25) is 0 Å². The summed E-state index contributed by atoms with van der Waals surface area (Å²) < 4.78 is 54.0. The van der Waals surface area contributed by atoms with E-state index in [2.05, 4.69) is 27.0 Å². The molecule has 284 valence electrons. The van der Waals surface area contributed by atoms with Crippen molar-refractivity contribution >= 4 is 5.78 Å². The maximum Gasteiger partial charge on any atom is 0.172 e. The van der Waals surface area contributed by atoms with Gasteiger partial charge in [0.1, 0.15) is 36.3 Å². The number of aliphatic hydroxyl groups is 1. The molecular formula is C40H59NO10. The molecule has 19 atom stereocenters. The van der Waals surface area contributed by atoms with E-state index >= 15 is 0 Å². The van der Waals surface area contributed by atoms with Crippen molar-refractivity contribution in [2.45, 2.75) is 195 Å². The Hall–Kier alpha value is -1.25. The summed E-state index contributed by atoms with van der Waals surface area (Å²) in [5.41, 5.74) is 8.06. The van der Waals surface area contributed by atoms with Gasteiger partial charge >= 0.3 is 0 Å². The zero-order chi connectivity index (χ0) is 35.2. The van der Waals surface area contributed by atoms with Crippen LogP contribution in [0.5, 0.6) is 0 Å². The smallest absolute Gasteiger partial charge is 0.172 e. The highest BCUT2D eigenvalue weighted by atomic mass is 16.8. The molecule has 51 heavy (non-hydrogen) atoms. The van der Waals surface area contributed by atoms with Crippen LogP contribution in [0, 0.1) is 17.8 Å². The van der Waals surface area contributed by atoms with Crippen LogP contribution in [-0.2, 0) is 42.7 Å². The largest absolute Gasteiger partial charge is 0.392 e. The molecule has 12 bridgehead atoms. The molecule has 11 nitrogen and oxygen atoms in total. The van der Waals surface area contributed by atoms with Crippen molar-refractivity contribution in [3.05, 3.63) is 24.3 Å².